The lowest BCUT2D eigenvalue weighted by Gasteiger charge is -2.11. The van der Waals surface area contributed by atoms with E-state index in [1.807, 2.05) is 32.9 Å². The Hall–Kier alpha value is -2.36. The van der Waals surface area contributed by atoms with Crippen LogP contribution < -0.4 is 11.1 Å². The number of amides is 1. The van der Waals surface area contributed by atoms with Crippen LogP contribution >= 0.6 is 0 Å². The fourth-order valence-corrected chi connectivity index (χ4v) is 1.80. The second-order valence-corrected chi connectivity index (χ2v) is 4.67. The van der Waals surface area contributed by atoms with Gasteiger partial charge in [0.2, 0.25) is 0 Å². The van der Waals surface area contributed by atoms with E-state index in [1.165, 1.54) is 0 Å². The van der Waals surface area contributed by atoms with Crippen molar-refractivity contribution in [3.8, 4) is 0 Å². The molecular weight excluding hydrogens is 238 g/mol. The second-order valence-electron chi connectivity index (χ2n) is 4.67. The third kappa shape index (κ3) is 2.91. The van der Waals surface area contributed by atoms with Crippen LogP contribution in [-0.4, -0.2) is 10.9 Å². The molecule has 0 aliphatic rings. The van der Waals surface area contributed by atoms with Crippen molar-refractivity contribution in [1.29, 1.82) is 0 Å². The van der Waals surface area contributed by atoms with E-state index in [0.717, 1.165) is 22.5 Å². The Bertz CT molecular complexity index is 618. The highest BCUT2D eigenvalue weighted by molar-refractivity contribution is 6.04. The van der Waals surface area contributed by atoms with Crippen molar-refractivity contribution in [1.82, 2.24) is 4.98 Å². The first-order valence-electron chi connectivity index (χ1n) is 6.08. The maximum absolute atomic E-state index is 12.1. The summed E-state index contributed by atoms with van der Waals surface area (Å²) >= 11 is 0. The van der Waals surface area contributed by atoms with E-state index in [1.54, 1.807) is 18.3 Å². The van der Waals surface area contributed by atoms with Gasteiger partial charge in [0, 0.05) is 23.3 Å². The molecular formula is C15H17N3O. The van der Waals surface area contributed by atoms with Crippen molar-refractivity contribution in [2.45, 2.75) is 20.8 Å². The SMILES string of the molecule is Cc1ccc(C(=O)Nc2cc(N)c(C)cc2C)cn1. The number of nitrogen functional groups attached to an aromatic ring is 1. The maximum Gasteiger partial charge on any atom is 0.257 e. The van der Waals surface area contributed by atoms with Gasteiger partial charge in [-0.05, 0) is 50.1 Å². The minimum atomic E-state index is -0.182. The molecule has 0 spiro atoms. The van der Waals surface area contributed by atoms with E-state index >= 15 is 0 Å². The van der Waals surface area contributed by atoms with Gasteiger partial charge in [-0.1, -0.05) is 6.07 Å². The van der Waals surface area contributed by atoms with Crippen molar-refractivity contribution in [2.24, 2.45) is 0 Å². The van der Waals surface area contributed by atoms with Crippen LogP contribution in [0.25, 0.3) is 0 Å². The summed E-state index contributed by atoms with van der Waals surface area (Å²) in [5.41, 5.74) is 10.7. The van der Waals surface area contributed by atoms with Crippen LogP contribution in [0.1, 0.15) is 27.2 Å². The number of rotatable bonds is 2. The number of aromatic nitrogens is 1. The van der Waals surface area contributed by atoms with Crippen LogP contribution in [0.5, 0.6) is 0 Å². The number of benzene rings is 1. The van der Waals surface area contributed by atoms with Crippen molar-refractivity contribution < 1.29 is 4.79 Å². The molecule has 0 atom stereocenters. The fraction of sp³-hybridized carbons (Fsp3) is 0.200. The Balaban J connectivity index is 2.24. The van der Waals surface area contributed by atoms with Gasteiger partial charge in [-0.2, -0.15) is 0 Å². The molecule has 1 heterocycles. The topological polar surface area (TPSA) is 68.0 Å². The quantitative estimate of drug-likeness (QED) is 0.811. The van der Waals surface area contributed by atoms with Crippen LogP contribution in [0.3, 0.4) is 0 Å². The highest BCUT2D eigenvalue weighted by atomic mass is 16.1. The summed E-state index contributed by atoms with van der Waals surface area (Å²) in [6.45, 7) is 5.76. The van der Waals surface area contributed by atoms with Crippen LogP contribution in [0, 0.1) is 20.8 Å². The smallest absolute Gasteiger partial charge is 0.257 e. The molecule has 0 saturated heterocycles. The molecule has 1 aromatic carbocycles. The molecule has 3 N–H and O–H groups in total. The Morgan fingerprint density at radius 3 is 2.53 bits per heavy atom. The molecule has 1 aromatic heterocycles. The first kappa shape index (κ1) is 13.1. The highest BCUT2D eigenvalue weighted by Gasteiger charge is 2.09. The summed E-state index contributed by atoms with van der Waals surface area (Å²) in [5.74, 6) is -0.182. The third-order valence-electron chi connectivity index (χ3n) is 3.03. The summed E-state index contributed by atoms with van der Waals surface area (Å²) in [6, 6.07) is 7.30. The molecule has 2 aromatic rings. The van der Waals surface area contributed by atoms with Crippen LogP contribution in [-0.2, 0) is 0 Å². The Morgan fingerprint density at radius 1 is 1.16 bits per heavy atom. The zero-order valence-corrected chi connectivity index (χ0v) is 11.3. The minimum absolute atomic E-state index is 0.182. The maximum atomic E-state index is 12.1. The Kier molecular flexibility index (Phi) is 3.51. The van der Waals surface area contributed by atoms with Gasteiger partial charge in [0.05, 0.1) is 5.56 Å². The predicted octanol–water partition coefficient (Wildman–Crippen LogP) is 2.84. The molecule has 4 nitrogen and oxygen atoms in total. The van der Waals surface area contributed by atoms with E-state index in [4.69, 9.17) is 5.73 Å². The Morgan fingerprint density at radius 2 is 1.89 bits per heavy atom. The normalized spacial score (nSPS) is 10.3. The van der Waals surface area contributed by atoms with Gasteiger partial charge < -0.3 is 11.1 Å². The molecule has 0 aliphatic carbocycles. The van der Waals surface area contributed by atoms with Gasteiger partial charge in [-0.3, -0.25) is 9.78 Å². The van der Waals surface area contributed by atoms with Crippen molar-refractivity contribution in [3.63, 3.8) is 0 Å². The number of carbonyl (C=O) groups is 1. The zero-order valence-electron chi connectivity index (χ0n) is 11.3. The van der Waals surface area contributed by atoms with E-state index in [-0.39, 0.29) is 5.91 Å². The third-order valence-corrected chi connectivity index (χ3v) is 3.03. The number of carbonyl (C=O) groups excluding carboxylic acids is 1. The van der Waals surface area contributed by atoms with Crippen LogP contribution in [0.15, 0.2) is 30.5 Å². The molecule has 19 heavy (non-hydrogen) atoms. The number of pyridine rings is 1. The number of nitrogens with one attached hydrogen (secondary N) is 1. The number of hydrogen-bond acceptors (Lipinski definition) is 3. The molecule has 4 heteroatoms. The van der Waals surface area contributed by atoms with Crippen molar-refractivity contribution in [2.75, 3.05) is 11.1 Å². The molecule has 1 amide bonds. The first-order chi connectivity index (χ1) is 8.97. The summed E-state index contributed by atoms with van der Waals surface area (Å²) in [7, 11) is 0. The summed E-state index contributed by atoms with van der Waals surface area (Å²) in [4.78, 5) is 16.2. The number of anilines is 2. The van der Waals surface area contributed by atoms with E-state index < -0.39 is 0 Å². The van der Waals surface area contributed by atoms with Crippen LogP contribution in [0.2, 0.25) is 0 Å². The fourth-order valence-electron chi connectivity index (χ4n) is 1.80. The Labute approximate surface area is 112 Å². The standard InChI is InChI=1S/C15H17N3O/c1-9-6-10(2)14(7-13(9)16)18-15(19)12-5-4-11(3)17-8-12/h4-8H,16H2,1-3H3,(H,18,19). The van der Waals surface area contributed by atoms with Gasteiger partial charge >= 0.3 is 0 Å². The average Bonchev–Trinajstić information content (AvgIpc) is 2.36. The molecule has 0 saturated carbocycles. The summed E-state index contributed by atoms with van der Waals surface area (Å²) in [5, 5.41) is 2.86. The van der Waals surface area contributed by atoms with Gasteiger partial charge in [-0.15, -0.1) is 0 Å². The lowest BCUT2D eigenvalue weighted by atomic mass is 10.1. The van der Waals surface area contributed by atoms with E-state index in [2.05, 4.69) is 10.3 Å². The van der Waals surface area contributed by atoms with Gasteiger partial charge in [0.1, 0.15) is 0 Å². The molecule has 0 fully saturated rings. The van der Waals surface area contributed by atoms with Gasteiger partial charge in [-0.25, -0.2) is 0 Å². The van der Waals surface area contributed by atoms with Crippen molar-refractivity contribution >= 4 is 17.3 Å². The van der Waals surface area contributed by atoms with Crippen molar-refractivity contribution in [3.05, 3.63) is 52.8 Å². The minimum Gasteiger partial charge on any atom is -0.398 e. The molecule has 98 valence electrons. The summed E-state index contributed by atoms with van der Waals surface area (Å²) in [6.07, 6.45) is 1.57. The monoisotopic (exact) mass is 255 g/mol. The lowest BCUT2D eigenvalue weighted by Crippen LogP contribution is -2.13. The number of nitrogens with two attached hydrogens (primary N) is 1. The molecule has 0 radical (unpaired) electrons. The predicted molar refractivity (Wildman–Crippen MR) is 77.3 cm³/mol. The molecule has 0 unspecified atom stereocenters. The molecule has 2 rings (SSSR count). The second kappa shape index (κ2) is 5.10. The van der Waals surface area contributed by atoms with Crippen LogP contribution in [0.4, 0.5) is 11.4 Å². The lowest BCUT2D eigenvalue weighted by molar-refractivity contribution is 0.102. The summed E-state index contributed by atoms with van der Waals surface area (Å²) < 4.78 is 0. The number of nitrogens with zero attached hydrogens (tertiary/aromatic N) is 1. The number of hydrogen-bond donors (Lipinski definition) is 2. The highest BCUT2D eigenvalue weighted by Crippen LogP contribution is 2.22. The van der Waals surface area contributed by atoms with Gasteiger partial charge in [0.25, 0.3) is 5.91 Å². The largest absolute Gasteiger partial charge is 0.398 e. The number of aryl methyl sites for hydroxylation is 3. The van der Waals surface area contributed by atoms with E-state index in [9.17, 15) is 4.79 Å². The van der Waals surface area contributed by atoms with E-state index in [0.29, 0.717) is 11.3 Å². The first-order valence-corrected chi connectivity index (χ1v) is 6.08. The zero-order chi connectivity index (χ0) is 14.0. The molecule has 0 bridgehead atoms. The average molecular weight is 255 g/mol. The molecule has 0 aliphatic heterocycles. The van der Waals surface area contributed by atoms with Gasteiger partial charge in [0.15, 0.2) is 0 Å².